The standard InChI is InChI=1S/C11H17BrN2OS/c1-3-9-11(12)10(14(4-2)13-9)7-16-8-5-15-6-8/h8H,3-7H2,1-2H3. The van der Waals surface area contributed by atoms with Crippen LogP contribution in [0, 0.1) is 0 Å². The summed E-state index contributed by atoms with van der Waals surface area (Å²) < 4.78 is 8.49. The van der Waals surface area contributed by atoms with Gasteiger partial charge in [-0.05, 0) is 29.3 Å². The van der Waals surface area contributed by atoms with Crippen LogP contribution in [0.1, 0.15) is 25.2 Å². The Labute approximate surface area is 109 Å². The summed E-state index contributed by atoms with van der Waals surface area (Å²) in [6.07, 6.45) is 0.984. The first kappa shape index (κ1) is 12.5. The summed E-state index contributed by atoms with van der Waals surface area (Å²) in [7, 11) is 0. The number of halogens is 1. The minimum absolute atomic E-state index is 0.678. The minimum Gasteiger partial charge on any atom is -0.379 e. The fourth-order valence-corrected chi connectivity index (χ4v) is 3.62. The van der Waals surface area contributed by atoms with Crippen LogP contribution in [0.5, 0.6) is 0 Å². The van der Waals surface area contributed by atoms with Gasteiger partial charge in [0, 0.05) is 12.3 Å². The molecule has 90 valence electrons. The van der Waals surface area contributed by atoms with Crippen molar-refractivity contribution in [3.8, 4) is 0 Å². The van der Waals surface area contributed by atoms with Crippen molar-refractivity contribution in [2.45, 2.75) is 37.8 Å². The van der Waals surface area contributed by atoms with Crippen molar-refractivity contribution in [2.24, 2.45) is 0 Å². The summed E-state index contributed by atoms with van der Waals surface area (Å²) in [5, 5.41) is 5.27. The van der Waals surface area contributed by atoms with E-state index < -0.39 is 0 Å². The number of ether oxygens (including phenoxy) is 1. The number of aromatic nitrogens is 2. The van der Waals surface area contributed by atoms with Crippen molar-refractivity contribution in [3.05, 3.63) is 15.9 Å². The Hall–Kier alpha value is -0.0000000000000000555. The van der Waals surface area contributed by atoms with E-state index >= 15 is 0 Å². The minimum atomic E-state index is 0.678. The van der Waals surface area contributed by atoms with Crippen LogP contribution in [-0.4, -0.2) is 28.2 Å². The molecule has 0 aromatic carbocycles. The van der Waals surface area contributed by atoms with Crippen LogP contribution in [0.4, 0.5) is 0 Å². The highest BCUT2D eigenvalue weighted by Gasteiger charge is 2.21. The lowest BCUT2D eigenvalue weighted by atomic mass is 10.3. The summed E-state index contributed by atoms with van der Waals surface area (Å²) in [4.78, 5) is 0. The van der Waals surface area contributed by atoms with E-state index in [-0.39, 0.29) is 0 Å². The maximum atomic E-state index is 5.18. The van der Waals surface area contributed by atoms with Gasteiger partial charge in [0.25, 0.3) is 0 Å². The third kappa shape index (κ3) is 2.46. The molecule has 0 N–H and O–H groups in total. The molecular weight excluding hydrogens is 288 g/mol. The van der Waals surface area contributed by atoms with E-state index in [2.05, 4.69) is 39.6 Å². The lowest BCUT2D eigenvalue weighted by Crippen LogP contribution is -2.30. The van der Waals surface area contributed by atoms with Crippen LogP contribution in [0.2, 0.25) is 0 Å². The smallest absolute Gasteiger partial charge is 0.0767 e. The van der Waals surface area contributed by atoms with E-state index in [9.17, 15) is 0 Å². The Morgan fingerprint density at radius 2 is 2.25 bits per heavy atom. The number of thioether (sulfide) groups is 1. The molecule has 0 spiro atoms. The number of hydrogen-bond acceptors (Lipinski definition) is 3. The van der Waals surface area contributed by atoms with Crippen molar-refractivity contribution in [1.82, 2.24) is 9.78 Å². The van der Waals surface area contributed by atoms with E-state index in [0.717, 1.165) is 31.9 Å². The van der Waals surface area contributed by atoms with Gasteiger partial charge in [0.05, 0.1) is 34.3 Å². The molecule has 0 atom stereocenters. The monoisotopic (exact) mass is 304 g/mol. The van der Waals surface area contributed by atoms with Gasteiger partial charge in [-0.3, -0.25) is 4.68 Å². The molecule has 1 aromatic rings. The summed E-state index contributed by atoms with van der Waals surface area (Å²) in [5.41, 5.74) is 2.48. The largest absolute Gasteiger partial charge is 0.379 e. The van der Waals surface area contributed by atoms with Gasteiger partial charge in [-0.15, -0.1) is 11.8 Å². The normalized spacial score (nSPS) is 16.4. The maximum absolute atomic E-state index is 5.18. The zero-order chi connectivity index (χ0) is 11.5. The fourth-order valence-electron chi connectivity index (χ4n) is 1.66. The average molecular weight is 305 g/mol. The molecule has 1 saturated heterocycles. The van der Waals surface area contributed by atoms with Gasteiger partial charge in [-0.1, -0.05) is 6.92 Å². The third-order valence-electron chi connectivity index (χ3n) is 2.76. The third-order valence-corrected chi connectivity index (χ3v) is 4.86. The maximum Gasteiger partial charge on any atom is 0.0767 e. The summed E-state index contributed by atoms with van der Waals surface area (Å²) in [5.74, 6) is 1.02. The number of aryl methyl sites for hydroxylation is 2. The molecule has 0 amide bonds. The molecule has 2 rings (SSSR count). The van der Waals surface area contributed by atoms with Gasteiger partial charge >= 0.3 is 0 Å². The predicted molar refractivity (Wildman–Crippen MR) is 70.9 cm³/mol. The first-order valence-electron chi connectivity index (χ1n) is 5.69. The molecule has 16 heavy (non-hydrogen) atoms. The van der Waals surface area contributed by atoms with Gasteiger partial charge in [-0.2, -0.15) is 5.10 Å². The van der Waals surface area contributed by atoms with E-state index in [0.29, 0.717) is 5.25 Å². The Bertz CT molecular complexity index is 363. The molecule has 0 aliphatic carbocycles. The summed E-state index contributed by atoms with van der Waals surface area (Å²) in [6, 6.07) is 0. The molecule has 1 aliphatic heterocycles. The highest BCUT2D eigenvalue weighted by molar-refractivity contribution is 9.10. The Morgan fingerprint density at radius 3 is 2.75 bits per heavy atom. The molecular formula is C11H17BrN2OS. The number of nitrogens with zero attached hydrogens (tertiary/aromatic N) is 2. The van der Waals surface area contributed by atoms with Crippen LogP contribution in [-0.2, 0) is 23.5 Å². The molecule has 1 aromatic heterocycles. The van der Waals surface area contributed by atoms with Gasteiger partial charge in [0.15, 0.2) is 0 Å². The molecule has 0 bridgehead atoms. The predicted octanol–water partition coefficient (Wildman–Crippen LogP) is 2.86. The Morgan fingerprint density at radius 1 is 1.50 bits per heavy atom. The second kappa shape index (κ2) is 5.56. The van der Waals surface area contributed by atoms with Crippen LogP contribution < -0.4 is 0 Å². The summed E-state index contributed by atoms with van der Waals surface area (Å²) in [6.45, 7) is 7.03. The van der Waals surface area contributed by atoms with Gasteiger partial charge in [-0.25, -0.2) is 0 Å². The van der Waals surface area contributed by atoms with Gasteiger partial charge in [0.1, 0.15) is 0 Å². The first-order valence-corrected chi connectivity index (χ1v) is 7.53. The second-order valence-electron chi connectivity index (χ2n) is 3.85. The zero-order valence-electron chi connectivity index (χ0n) is 9.70. The molecule has 1 aliphatic rings. The zero-order valence-corrected chi connectivity index (χ0v) is 12.1. The quantitative estimate of drug-likeness (QED) is 0.837. The molecule has 0 unspecified atom stereocenters. The lowest BCUT2D eigenvalue weighted by Gasteiger charge is -2.25. The Balaban J connectivity index is 2.07. The van der Waals surface area contributed by atoms with Gasteiger partial charge < -0.3 is 4.74 Å². The van der Waals surface area contributed by atoms with Crippen molar-refractivity contribution >= 4 is 27.7 Å². The van der Waals surface area contributed by atoms with E-state index in [4.69, 9.17) is 4.74 Å². The fraction of sp³-hybridized carbons (Fsp3) is 0.727. The van der Waals surface area contributed by atoms with Crippen molar-refractivity contribution in [1.29, 1.82) is 0 Å². The molecule has 1 fully saturated rings. The summed E-state index contributed by atoms with van der Waals surface area (Å²) >= 11 is 5.63. The highest BCUT2D eigenvalue weighted by Crippen LogP contribution is 2.29. The number of rotatable bonds is 5. The van der Waals surface area contributed by atoms with Crippen molar-refractivity contribution in [3.63, 3.8) is 0 Å². The van der Waals surface area contributed by atoms with Crippen LogP contribution in [0.25, 0.3) is 0 Å². The van der Waals surface area contributed by atoms with Crippen LogP contribution in [0.3, 0.4) is 0 Å². The molecule has 5 heteroatoms. The van der Waals surface area contributed by atoms with Crippen molar-refractivity contribution < 1.29 is 4.74 Å². The van der Waals surface area contributed by atoms with E-state index in [1.807, 2.05) is 11.8 Å². The molecule has 0 saturated carbocycles. The average Bonchev–Trinajstić information content (AvgIpc) is 2.53. The molecule has 0 radical (unpaired) electrons. The number of hydrogen-bond donors (Lipinski definition) is 0. The molecule has 3 nitrogen and oxygen atoms in total. The van der Waals surface area contributed by atoms with Crippen molar-refractivity contribution in [2.75, 3.05) is 13.2 Å². The SMILES string of the molecule is CCc1nn(CC)c(CSC2COC2)c1Br. The lowest BCUT2D eigenvalue weighted by molar-refractivity contribution is 0.0455. The van der Waals surface area contributed by atoms with E-state index in [1.165, 1.54) is 15.9 Å². The van der Waals surface area contributed by atoms with E-state index in [1.54, 1.807) is 0 Å². The molecule has 2 heterocycles. The first-order chi connectivity index (χ1) is 7.76. The topological polar surface area (TPSA) is 27.1 Å². The highest BCUT2D eigenvalue weighted by atomic mass is 79.9. The van der Waals surface area contributed by atoms with Crippen LogP contribution >= 0.6 is 27.7 Å². The Kier molecular flexibility index (Phi) is 4.33. The van der Waals surface area contributed by atoms with Gasteiger partial charge in [0.2, 0.25) is 0 Å². The van der Waals surface area contributed by atoms with Crippen LogP contribution in [0.15, 0.2) is 4.47 Å². The second-order valence-corrected chi connectivity index (χ2v) is 5.93.